The number of aromatic nitrogens is 2. The molecule has 0 amide bonds. The van der Waals surface area contributed by atoms with E-state index < -0.39 is 0 Å². The molecule has 0 unspecified atom stereocenters. The summed E-state index contributed by atoms with van der Waals surface area (Å²) in [7, 11) is 0. The standard InChI is InChI=1S/C20H20N4O2/c1-14-4-2-3-5-16(14)12-22-19-8-9-21-20(24-19)23-11-15-6-7-17-18(10-15)26-13-25-17/h2-10H,11-13H2,1H3,(H2,21,22,23,24). The predicted molar refractivity (Wildman–Crippen MR) is 100 cm³/mol. The van der Waals surface area contributed by atoms with E-state index in [1.807, 2.05) is 36.4 Å². The van der Waals surface area contributed by atoms with Gasteiger partial charge in [-0.2, -0.15) is 4.98 Å². The monoisotopic (exact) mass is 348 g/mol. The van der Waals surface area contributed by atoms with Gasteiger partial charge in [-0.1, -0.05) is 30.3 Å². The van der Waals surface area contributed by atoms with Gasteiger partial charge in [-0.15, -0.1) is 0 Å². The number of hydrogen-bond donors (Lipinski definition) is 2. The largest absolute Gasteiger partial charge is 0.454 e. The number of benzene rings is 2. The molecule has 0 fully saturated rings. The van der Waals surface area contributed by atoms with Crippen LogP contribution in [0.2, 0.25) is 0 Å². The zero-order chi connectivity index (χ0) is 17.8. The van der Waals surface area contributed by atoms with Crippen molar-refractivity contribution in [2.24, 2.45) is 0 Å². The zero-order valence-electron chi connectivity index (χ0n) is 14.5. The van der Waals surface area contributed by atoms with Crippen LogP contribution < -0.4 is 20.1 Å². The van der Waals surface area contributed by atoms with Crippen molar-refractivity contribution in [1.29, 1.82) is 0 Å². The summed E-state index contributed by atoms with van der Waals surface area (Å²) in [5.74, 6) is 2.93. The molecule has 132 valence electrons. The molecule has 2 N–H and O–H groups in total. The molecular formula is C20H20N4O2. The Kier molecular flexibility index (Phi) is 4.55. The second-order valence-electron chi connectivity index (χ2n) is 6.09. The number of hydrogen-bond acceptors (Lipinski definition) is 6. The first kappa shape index (κ1) is 16.2. The molecule has 2 heterocycles. The first-order valence-electron chi connectivity index (χ1n) is 8.52. The minimum atomic E-state index is 0.282. The highest BCUT2D eigenvalue weighted by Crippen LogP contribution is 2.32. The second kappa shape index (κ2) is 7.31. The van der Waals surface area contributed by atoms with Gasteiger partial charge in [0.2, 0.25) is 12.7 Å². The molecule has 0 spiro atoms. The molecule has 2 aromatic carbocycles. The average molecular weight is 348 g/mol. The van der Waals surface area contributed by atoms with E-state index in [9.17, 15) is 0 Å². The topological polar surface area (TPSA) is 68.3 Å². The van der Waals surface area contributed by atoms with Crippen LogP contribution in [0.15, 0.2) is 54.7 Å². The molecule has 0 atom stereocenters. The highest BCUT2D eigenvalue weighted by Gasteiger charge is 2.13. The van der Waals surface area contributed by atoms with Crippen molar-refractivity contribution in [3.63, 3.8) is 0 Å². The third kappa shape index (κ3) is 3.69. The summed E-state index contributed by atoms with van der Waals surface area (Å²) in [6.45, 7) is 3.72. The maximum atomic E-state index is 5.40. The zero-order valence-corrected chi connectivity index (χ0v) is 14.5. The molecule has 26 heavy (non-hydrogen) atoms. The summed E-state index contributed by atoms with van der Waals surface area (Å²) >= 11 is 0. The van der Waals surface area contributed by atoms with Gasteiger partial charge in [-0.25, -0.2) is 4.98 Å². The van der Waals surface area contributed by atoms with Crippen molar-refractivity contribution < 1.29 is 9.47 Å². The first-order valence-corrected chi connectivity index (χ1v) is 8.52. The quantitative estimate of drug-likeness (QED) is 0.707. The molecule has 1 aliphatic heterocycles. The van der Waals surface area contributed by atoms with Gasteiger partial charge < -0.3 is 20.1 Å². The highest BCUT2D eigenvalue weighted by molar-refractivity contribution is 5.46. The summed E-state index contributed by atoms with van der Waals surface area (Å²) in [4.78, 5) is 8.80. The predicted octanol–water partition coefficient (Wildman–Crippen LogP) is 3.74. The van der Waals surface area contributed by atoms with E-state index in [4.69, 9.17) is 9.47 Å². The summed E-state index contributed by atoms with van der Waals surface area (Å²) in [6.07, 6.45) is 1.75. The van der Waals surface area contributed by atoms with Crippen LogP contribution in [-0.2, 0) is 13.1 Å². The molecular weight excluding hydrogens is 328 g/mol. The lowest BCUT2D eigenvalue weighted by Gasteiger charge is -2.10. The molecule has 3 aromatic rings. The summed E-state index contributed by atoms with van der Waals surface area (Å²) in [5.41, 5.74) is 3.59. The van der Waals surface area contributed by atoms with E-state index >= 15 is 0 Å². The number of nitrogens with one attached hydrogen (secondary N) is 2. The Morgan fingerprint density at radius 1 is 0.962 bits per heavy atom. The van der Waals surface area contributed by atoms with Crippen LogP contribution in [0.4, 0.5) is 11.8 Å². The Balaban J connectivity index is 1.37. The average Bonchev–Trinajstić information content (AvgIpc) is 3.14. The Morgan fingerprint density at radius 2 is 1.85 bits per heavy atom. The summed E-state index contributed by atoms with van der Waals surface area (Å²) in [5, 5.41) is 6.59. The summed E-state index contributed by atoms with van der Waals surface area (Å²) in [6, 6.07) is 16.1. The van der Waals surface area contributed by atoms with Crippen LogP contribution in [0, 0.1) is 6.92 Å². The number of fused-ring (bicyclic) bond motifs is 1. The smallest absolute Gasteiger partial charge is 0.231 e. The van der Waals surface area contributed by atoms with Crippen LogP contribution in [0.3, 0.4) is 0 Å². The van der Waals surface area contributed by atoms with Crippen LogP contribution in [0.1, 0.15) is 16.7 Å². The molecule has 1 aromatic heterocycles. The second-order valence-corrected chi connectivity index (χ2v) is 6.09. The van der Waals surface area contributed by atoms with Crippen molar-refractivity contribution in [2.45, 2.75) is 20.0 Å². The molecule has 0 bridgehead atoms. The lowest BCUT2D eigenvalue weighted by atomic mass is 10.1. The van der Waals surface area contributed by atoms with Gasteiger partial charge in [0, 0.05) is 19.3 Å². The van der Waals surface area contributed by atoms with Gasteiger partial charge in [0.15, 0.2) is 11.5 Å². The normalized spacial score (nSPS) is 12.0. The van der Waals surface area contributed by atoms with Crippen molar-refractivity contribution in [3.05, 3.63) is 71.4 Å². The minimum Gasteiger partial charge on any atom is -0.454 e. The van der Waals surface area contributed by atoms with Crippen molar-refractivity contribution in [3.8, 4) is 11.5 Å². The summed E-state index contributed by atoms with van der Waals surface area (Å²) < 4.78 is 10.7. The Morgan fingerprint density at radius 3 is 2.77 bits per heavy atom. The van der Waals surface area contributed by atoms with Gasteiger partial charge in [-0.3, -0.25) is 0 Å². The van der Waals surface area contributed by atoms with E-state index in [0.29, 0.717) is 12.5 Å². The Labute approximate surface area is 152 Å². The van der Waals surface area contributed by atoms with E-state index in [0.717, 1.165) is 29.4 Å². The first-order chi connectivity index (χ1) is 12.8. The molecule has 0 radical (unpaired) electrons. The van der Waals surface area contributed by atoms with E-state index in [-0.39, 0.29) is 6.79 Å². The fourth-order valence-electron chi connectivity index (χ4n) is 2.77. The number of aryl methyl sites for hydroxylation is 1. The molecule has 0 saturated heterocycles. The number of anilines is 2. The SMILES string of the molecule is Cc1ccccc1CNc1ccnc(NCc2ccc3c(c2)OCO3)n1. The molecule has 6 heteroatoms. The maximum Gasteiger partial charge on any atom is 0.231 e. The molecule has 4 rings (SSSR count). The van der Waals surface area contributed by atoms with Crippen LogP contribution in [0.5, 0.6) is 11.5 Å². The molecule has 6 nitrogen and oxygen atoms in total. The third-order valence-corrected chi connectivity index (χ3v) is 4.26. The van der Waals surface area contributed by atoms with Gasteiger partial charge in [0.1, 0.15) is 5.82 Å². The fourth-order valence-corrected chi connectivity index (χ4v) is 2.77. The lowest BCUT2D eigenvalue weighted by molar-refractivity contribution is 0.174. The number of ether oxygens (including phenoxy) is 2. The number of nitrogens with zero attached hydrogens (tertiary/aromatic N) is 2. The van der Waals surface area contributed by atoms with Crippen molar-refractivity contribution >= 4 is 11.8 Å². The van der Waals surface area contributed by atoms with Crippen molar-refractivity contribution in [1.82, 2.24) is 9.97 Å². The molecule has 0 aliphatic carbocycles. The van der Waals surface area contributed by atoms with E-state index in [2.05, 4.69) is 39.7 Å². The Bertz CT molecular complexity index is 914. The minimum absolute atomic E-state index is 0.282. The number of rotatable bonds is 6. The van der Waals surface area contributed by atoms with E-state index in [1.54, 1.807) is 6.20 Å². The third-order valence-electron chi connectivity index (χ3n) is 4.26. The Hall–Kier alpha value is -3.28. The van der Waals surface area contributed by atoms with Crippen LogP contribution >= 0.6 is 0 Å². The van der Waals surface area contributed by atoms with Crippen LogP contribution in [0.25, 0.3) is 0 Å². The van der Waals surface area contributed by atoms with Gasteiger partial charge >= 0.3 is 0 Å². The van der Waals surface area contributed by atoms with Gasteiger partial charge in [-0.05, 0) is 41.8 Å². The van der Waals surface area contributed by atoms with Gasteiger partial charge in [0.25, 0.3) is 0 Å². The maximum absolute atomic E-state index is 5.40. The molecule has 0 saturated carbocycles. The highest BCUT2D eigenvalue weighted by atomic mass is 16.7. The fraction of sp³-hybridized carbons (Fsp3) is 0.200. The van der Waals surface area contributed by atoms with Gasteiger partial charge in [0.05, 0.1) is 0 Å². The van der Waals surface area contributed by atoms with Crippen LogP contribution in [-0.4, -0.2) is 16.8 Å². The van der Waals surface area contributed by atoms with Crippen molar-refractivity contribution in [2.75, 3.05) is 17.4 Å². The molecule has 1 aliphatic rings. The lowest BCUT2D eigenvalue weighted by Crippen LogP contribution is -2.07. The van der Waals surface area contributed by atoms with E-state index in [1.165, 1.54) is 11.1 Å².